The lowest BCUT2D eigenvalue weighted by molar-refractivity contribution is 0.417. The summed E-state index contributed by atoms with van der Waals surface area (Å²) in [6.45, 7) is 1.78. The predicted molar refractivity (Wildman–Crippen MR) is 89.9 cm³/mol. The first-order chi connectivity index (χ1) is 11.2. The molecule has 2 aromatic carbocycles. The van der Waals surface area contributed by atoms with E-state index in [1.54, 1.807) is 25.1 Å². The van der Waals surface area contributed by atoms with Crippen molar-refractivity contribution in [3.05, 3.63) is 53.6 Å². The number of ether oxygens (including phenoxy) is 1. The van der Waals surface area contributed by atoms with Gasteiger partial charge in [-0.2, -0.15) is 0 Å². The molecule has 0 aliphatic rings. The van der Waals surface area contributed by atoms with Gasteiger partial charge in [0, 0.05) is 11.7 Å². The Morgan fingerprint density at radius 1 is 1.08 bits per heavy atom. The Morgan fingerprint density at radius 2 is 1.79 bits per heavy atom. The second-order valence-corrected chi connectivity index (χ2v) is 7.08. The Kier molecular flexibility index (Phi) is 5.28. The van der Waals surface area contributed by atoms with Gasteiger partial charge in [0.25, 0.3) is 0 Å². The van der Waals surface area contributed by atoms with Crippen molar-refractivity contribution in [2.24, 2.45) is 0 Å². The molecule has 0 saturated carbocycles. The summed E-state index contributed by atoms with van der Waals surface area (Å²) < 4.78 is 56.7. The summed E-state index contributed by atoms with van der Waals surface area (Å²) in [6.07, 6.45) is 1.04. The number of nitrogens with one attached hydrogen (secondary N) is 2. The molecule has 0 radical (unpaired) electrons. The molecule has 0 heterocycles. The molecular formula is C16H18F2N2O3S. The van der Waals surface area contributed by atoms with Crippen molar-refractivity contribution in [3.8, 4) is 5.75 Å². The average Bonchev–Trinajstić information content (AvgIpc) is 2.48. The number of benzene rings is 2. The first-order valence-electron chi connectivity index (χ1n) is 7.07. The van der Waals surface area contributed by atoms with E-state index in [2.05, 4.69) is 10.0 Å². The second-order valence-electron chi connectivity index (χ2n) is 5.33. The van der Waals surface area contributed by atoms with Crippen molar-refractivity contribution in [2.45, 2.75) is 13.0 Å². The van der Waals surface area contributed by atoms with Crippen LogP contribution >= 0.6 is 0 Å². The number of halogens is 2. The highest BCUT2D eigenvalue weighted by Crippen LogP contribution is 2.30. The maximum atomic E-state index is 13.3. The van der Waals surface area contributed by atoms with Gasteiger partial charge in [0.05, 0.1) is 19.1 Å². The predicted octanol–water partition coefficient (Wildman–Crippen LogP) is 3.52. The summed E-state index contributed by atoms with van der Waals surface area (Å²) in [5.41, 5.74) is 1.43. The van der Waals surface area contributed by atoms with Crippen LogP contribution in [0.3, 0.4) is 0 Å². The van der Waals surface area contributed by atoms with Gasteiger partial charge in [-0.15, -0.1) is 0 Å². The number of rotatable bonds is 6. The third kappa shape index (κ3) is 4.58. The Bertz CT molecular complexity index is 841. The standard InChI is InChI=1S/C16H18F2N2O3S/c1-10(11-4-6-13(17)14(18)8-11)19-12-5-7-16(23-2)15(9-12)20-24(3,21)22/h4-10,19-20H,1-3H3/t10-/m0/s1. The third-order valence-electron chi connectivity index (χ3n) is 3.32. The van der Waals surface area contributed by atoms with E-state index < -0.39 is 21.7 Å². The lowest BCUT2D eigenvalue weighted by Gasteiger charge is -2.18. The molecule has 24 heavy (non-hydrogen) atoms. The molecule has 0 aliphatic carbocycles. The summed E-state index contributed by atoms with van der Waals surface area (Å²) in [5, 5.41) is 3.10. The van der Waals surface area contributed by atoms with Crippen LogP contribution in [0.1, 0.15) is 18.5 Å². The van der Waals surface area contributed by atoms with Crippen LogP contribution in [0, 0.1) is 11.6 Å². The van der Waals surface area contributed by atoms with Gasteiger partial charge in [-0.3, -0.25) is 4.72 Å². The molecule has 5 nitrogen and oxygen atoms in total. The fourth-order valence-corrected chi connectivity index (χ4v) is 2.75. The Hall–Kier alpha value is -2.35. The van der Waals surface area contributed by atoms with Crippen LogP contribution in [0.5, 0.6) is 5.75 Å². The Labute approximate surface area is 139 Å². The Morgan fingerprint density at radius 3 is 2.38 bits per heavy atom. The van der Waals surface area contributed by atoms with E-state index in [-0.39, 0.29) is 11.7 Å². The van der Waals surface area contributed by atoms with Gasteiger partial charge < -0.3 is 10.1 Å². The summed E-state index contributed by atoms with van der Waals surface area (Å²) >= 11 is 0. The largest absolute Gasteiger partial charge is 0.495 e. The first kappa shape index (κ1) is 18.0. The maximum absolute atomic E-state index is 13.3. The van der Waals surface area contributed by atoms with Crippen LogP contribution in [0.2, 0.25) is 0 Å². The number of anilines is 2. The number of hydrogen-bond donors (Lipinski definition) is 2. The minimum atomic E-state index is -3.47. The highest BCUT2D eigenvalue weighted by molar-refractivity contribution is 7.92. The van der Waals surface area contributed by atoms with Crippen LogP contribution in [-0.4, -0.2) is 21.8 Å². The summed E-state index contributed by atoms with van der Waals surface area (Å²) in [4.78, 5) is 0. The van der Waals surface area contributed by atoms with Crippen LogP contribution in [0.4, 0.5) is 20.2 Å². The van der Waals surface area contributed by atoms with Crippen LogP contribution < -0.4 is 14.8 Å². The summed E-state index contributed by atoms with van der Waals surface area (Å²) in [5.74, 6) is -1.46. The quantitative estimate of drug-likeness (QED) is 0.831. The fraction of sp³-hybridized carbons (Fsp3) is 0.250. The molecule has 0 unspecified atom stereocenters. The SMILES string of the molecule is COc1ccc(N[C@@H](C)c2ccc(F)c(F)c2)cc1NS(C)(=O)=O. The van der Waals surface area contributed by atoms with E-state index in [9.17, 15) is 17.2 Å². The molecule has 0 spiro atoms. The molecule has 0 bridgehead atoms. The normalized spacial score (nSPS) is 12.5. The first-order valence-corrected chi connectivity index (χ1v) is 8.96. The van der Waals surface area contributed by atoms with E-state index in [1.165, 1.54) is 13.2 Å². The monoisotopic (exact) mass is 356 g/mol. The summed E-state index contributed by atoms with van der Waals surface area (Å²) in [6, 6.07) is 8.21. The molecule has 130 valence electrons. The molecule has 1 atom stereocenters. The van der Waals surface area contributed by atoms with Crippen LogP contribution in [0.15, 0.2) is 36.4 Å². The molecule has 8 heteroatoms. The van der Waals surface area contributed by atoms with Crippen LogP contribution in [-0.2, 0) is 10.0 Å². The molecule has 0 amide bonds. The van der Waals surface area contributed by atoms with E-state index in [1.807, 2.05) is 0 Å². The number of hydrogen-bond acceptors (Lipinski definition) is 4. The van der Waals surface area contributed by atoms with E-state index in [0.29, 0.717) is 17.0 Å². The lowest BCUT2D eigenvalue weighted by atomic mass is 10.1. The fourth-order valence-electron chi connectivity index (χ4n) is 2.19. The van der Waals surface area contributed by atoms with Gasteiger partial charge in [-0.1, -0.05) is 6.07 Å². The van der Waals surface area contributed by atoms with Gasteiger partial charge in [-0.25, -0.2) is 17.2 Å². The highest BCUT2D eigenvalue weighted by Gasteiger charge is 2.12. The zero-order chi connectivity index (χ0) is 17.9. The minimum absolute atomic E-state index is 0.280. The summed E-state index contributed by atoms with van der Waals surface area (Å²) in [7, 11) is -2.04. The van der Waals surface area contributed by atoms with Crippen molar-refractivity contribution in [1.82, 2.24) is 0 Å². The Balaban J connectivity index is 2.25. The number of methoxy groups -OCH3 is 1. The molecule has 0 aliphatic heterocycles. The zero-order valence-electron chi connectivity index (χ0n) is 13.4. The van der Waals surface area contributed by atoms with Gasteiger partial charge >= 0.3 is 0 Å². The minimum Gasteiger partial charge on any atom is -0.495 e. The smallest absolute Gasteiger partial charge is 0.229 e. The van der Waals surface area contributed by atoms with Crippen molar-refractivity contribution in [1.29, 1.82) is 0 Å². The van der Waals surface area contributed by atoms with Crippen molar-refractivity contribution < 1.29 is 21.9 Å². The molecule has 2 N–H and O–H groups in total. The lowest BCUT2D eigenvalue weighted by Crippen LogP contribution is -2.12. The van der Waals surface area contributed by atoms with Crippen molar-refractivity contribution >= 4 is 21.4 Å². The van der Waals surface area contributed by atoms with Crippen LogP contribution in [0.25, 0.3) is 0 Å². The molecular weight excluding hydrogens is 338 g/mol. The van der Waals surface area contributed by atoms with Gasteiger partial charge in [0.2, 0.25) is 10.0 Å². The van der Waals surface area contributed by atoms with E-state index >= 15 is 0 Å². The van der Waals surface area contributed by atoms with Gasteiger partial charge in [0.15, 0.2) is 11.6 Å². The zero-order valence-corrected chi connectivity index (χ0v) is 14.2. The molecule has 0 aromatic heterocycles. The van der Waals surface area contributed by atoms with Crippen molar-refractivity contribution in [3.63, 3.8) is 0 Å². The van der Waals surface area contributed by atoms with E-state index in [0.717, 1.165) is 18.4 Å². The average molecular weight is 356 g/mol. The van der Waals surface area contributed by atoms with Gasteiger partial charge in [-0.05, 0) is 42.8 Å². The maximum Gasteiger partial charge on any atom is 0.229 e. The van der Waals surface area contributed by atoms with Crippen molar-refractivity contribution in [2.75, 3.05) is 23.4 Å². The topological polar surface area (TPSA) is 67.4 Å². The molecule has 2 aromatic rings. The molecule has 2 rings (SSSR count). The second kappa shape index (κ2) is 7.04. The van der Waals surface area contributed by atoms with E-state index in [4.69, 9.17) is 4.74 Å². The highest BCUT2D eigenvalue weighted by atomic mass is 32.2. The number of sulfonamides is 1. The molecule has 0 saturated heterocycles. The molecule has 0 fully saturated rings. The van der Waals surface area contributed by atoms with Gasteiger partial charge in [0.1, 0.15) is 5.75 Å². The third-order valence-corrected chi connectivity index (χ3v) is 3.91.